The third-order valence-electron chi connectivity index (χ3n) is 1.94. The SMILES string of the molecule is OCc1cnc(C2COCCO2)[nH]1. The van der Waals surface area contributed by atoms with Gasteiger partial charge in [-0.05, 0) is 0 Å². The van der Waals surface area contributed by atoms with Crippen LogP contribution in [-0.4, -0.2) is 34.9 Å². The van der Waals surface area contributed by atoms with Gasteiger partial charge in [0.2, 0.25) is 0 Å². The predicted molar refractivity (Wildman–Crippen MR) is 44.0 cm³/mol. The summed E-state index contributed by atoms with van der Waals surface area (Å²) >= 11 is 0. The lowest BCUT2D eigenvalue weighted by molar-refractivity contribution is -0.0933. The van der Waals surface area contributed by atoms with Gasteiger partial charge < -0.3 is 19.6 Å². The van der Waals surface area contributed by atoms with Gasteiger partial charge in [0, 0.05) is 0 Å². The molecule has 5 heteroatoms. The maximum absolute atomic E-state index is 8.81. The predicted octanol–water partition coefficient (Wildman–Crippen LogP) is -0.0101. The number of rotatable bonds is 2. The van der Waals surface area contributed by atoms with Crippen LogP contribution >= 0.6 is 0 Å². The lowest BCUT2D eigenvalue weighted by Crippen LogP contribution is -2.22. The van der Waals surface area contributed by atoms with Gasteiger partial charge in [-0.15, -0.1) is 0 Å². The Morgan fingerprint density at radius 3 is 3.15 bits per heavy atom. The van der Waals surface area contributed by atoms with E-state index < -0.39 is 0 Å². The van der Waals surface area contributed by atoms with Gasteiger partial charge in [-0.25, -0.2) is 4.98 Å². The maximum Gasteiger partial charge on any atom is 0.138 e. The van der Waals surface area contributed by atoms with Crippen LogP contribution < -0.4 is 0 Å². The highest BCUT2D eigenvalue weighted by atomic mass is 16.6. The second kappa shape index (κ2) is 3.87. The van der Waals surface area contributed by atoms with E-state index in [1.807, 2.05) is 0 Å². The molecule has 1 atom stereocenters. The Bertz CT molecular complexity index is 268. The Labute approximate surface area is 75.7 Å². The summed E-state index contributed by atoms with van der Waals surface area (Å²) in [6.45, 7) is 1.74. The van der Waals surface area contributed by atoms with E-state index in [4.69, 9.17) is 14.6 Å². The zero-order valence-electron chi connectivity index (χ0n) is 7.19. The van der Waals surface area contributed by atoms with Gasteiger partial charge in [0.1, 0.15) is 11.9 Å². The topological polar surface area (TPSA) is 67.4 Å². The molecule has 1 aliphatic rings. The summed E-state index contributed by atoms with van der Waals surface area (Å²) in [6.07, 6.45) is 1.49. The van der Waals surface area contributed by atoms with Crippen molar-refractivity contribution in [3.63, 3.8) is 0 Å². The molecule has 1 unspecified atom stereocenters. The van der Waals surface area contributed by atoms with Crippen LogP contribution in [0, 0.1) is 0 Å². The number of ether oxygens (including phenoxy) is 2. The van der Waals surface area contributed by atoms with E-state index in [9.17, 15) is 0 Å². The largest absolute Gasteiger partial charge is 0.390 e. The van der Waals surface area contributed by atoms with Crippen LogP contribution in [0.15, 0.2) is 6.20 Å². The molecule has 0 saturated carbocycles. The average Bonchev–Trinajstić information content (AvgIpc) is 2.67. The molecule has 0 spiro atoms. The standard InChI is InChI=1S/C8H12N2O3/c11-4-6-3-9-8(10-6)7-5-12-1-2-13-7/h3,7,11H,1-2,4-5H2,(H,9,10). The molecule has 1 aromatic rings. The van der Waals surface area contributed by atoms with Crippen molar-refractivity contribution in [1.82, 2.24) is 9.97 Å². The molecule has 0 amide bonds. The molecule has 0 aliphatic carbocycles. The van der Waals surface area contributed by atoms with Crippen molar-refractivity contribution in [1.29, 1.82) is 0 Å². The van der Waals surface area contributed by atoms with Crippen LogP contribution in [-0.2, 0) is 16.1 Å². The second-order valence-corrected chi connectivity index (χ2v) is 2.89. The van der Waals surface area contributed by atoms with E-state index in [0.717, 1.165) is 5.82 Å². The van der Waals surface area contributed by atoms with Crippen LogP contribution in [0.1, 0.15) is 17.6 Å². The molecule has 13 heavy (non-hydrogen) atoms. The van der Waals surface area contributed by atoms with Crippen molar-refractivity contribution >= 4 is 0 Å². The molecule has 1 aliphatic heterocycles. The minimum Gasteiger partial charge on any atom is -0.390 e. The summed E-state index contributed by atoms with van der Waals surface area (Å²) in [5.41, 5.74) is 0.698. The summed E-state index contributed by atoms with van der Waals surface area (Å²) < 4.78 is 10.7. The number of H-pyrrole nitrogens is 1. The molecule has 1 aromatic heterocycles. The number of aromatic amines is 1. The number of nitrogens with one attached hydrogen (secondary N) is 1. The van der Waals surface area contributed by atoms with Crippen LogP contribution in [0.4, 0.5) is 0 Å². The van der Waals surface area contributed by atoms with Crippen LogP contribution in [0.3, 0.4) is 0 Å². The molecule has 1 fully saturated rings. The normalized spacial score (nSPS) is 23.3. The van der Waals surface area contributed by atoms with Crippen molar-refractivity contribution in [2.24, 2.45) is 0 Å². The fraction of sp³-hybridized carbons (Fsp3) is 0.625. The minimum absolute atomic E-state index is 0.0272. The Morgan fingerprint density at radius 1 is 1.62 bits per heavy atom. The van der Waals surface area contributed by atoms with Crippen LogP contribution in [0.2, 0.25) is 0 Å². The molecule has 2 rings (SSSR count). The van der Waals surface area contributed by atoms with Crippen LogP contribution in [0.5, 0.6) is 0 Å². The van der Waals surface area contributed by atoms with E-state index in [0.29, 0.717) is 25.5 Å². The van der Waals surface area contributed by atoms with Gasteiger partial charge in [-0.2, -0.15) is 0 Å². The Kier molecular flexibility index (Phi) is 2.58. The number of nitrogens with zero attached hydrogens (tertiary/aromatic N) is 1. The second-order valence-electron chi connectivity index (χ2n) is 2.89. The molecule has 72 valence electrons. The zero-order chi connectivity index (χ0) is 9.10. The molecule has 0 radical (unpaired) electrons. The molecule has 2 N–H and O–H groups in total. The van der Waals surface area contributed by atoms with Crippen LogP contribution in [0.25, 0.3) is 0 Å². The number of aromatic nitrogens is 2. The first-order chi connectivity index (χ1) is 6.40. The number of aliphatic hydroxyl groups excluding tert-OH is 1. The van der Waals surface area contributed by atoms with Gasteiger partial charge in [0.05, 0.1) is 38.3 Å². The summed E-state index contributed by atoms with van der Waals surface area (Å²) in [7, 11) is 0. The lowest BCUT2D eigenvalue weighted by atomic mass is 10.3. The third-order valence-corrected chi connectivity index (χ3v) is 1.94. The monoisotopic (exact) mass is 184 g/mol. The van der Waals surface area contributed by atoms with Gasteiger partial charge in [-0.1, -0.05) is 0 Å². The fourth-order valence-corrected chi connectivity index (χ4v) is 1.27. The lowest BCUT2D eigenvalue weighted by Gasteiger charge is -2.20. The molecular formula is C8H12N2O3. The molecule has 2 heterocycles. The van der Waals surface area contributed by atoms with E-state index in [-0.39, 0.29) is 12.7 Å². The zero-order valence-corrected chi connectivity index (χ0v) is 7.19. The van der Waals surface area contributed by atoms with Crippen molar-refractivity contribution in [3.05, 3.63) is 17.7 Å². The maximum atomic E-state index is 8.81. The number of hydrogen-bond donors (Lipinski definition) is 2. The highest BCUT2D eigenvalue weighted by molar-refractivity contribution is 5.02. The first-order valence-corrected chi connectivity index (χ1v) is 4.24. The molecule has 1 saturated heterocycles. The number of hydrogen-bond acceptors (Lipinski definition) is 4. The highest BCUT2D eigenvalue weighted by Crippen LogP contribution is 2.17. The molecule has 5 nitrogen and oxygen atoms in total. The fourth-order valence-electron chi connectivity index (χ4n) is 1.27. The van der Waals surface area contributed by atoms with E-state index >= 15 is 0 Å². The summed E-state index contributed by atoms with van der Waals surface area (Å²) in [5.74, 6) is 0.726. The minimum atomic E-state index is -0.117. The van der Waals surface area contributed by atoms with Crippen molar-refractivity contribution in [2.45, 2.75) is 12.7 Å². The quantitative estimate of drug-likeness (QED) is 0.678. The Morgan fingerprint density at radius 2 is 2.54 bits per heavy atom. The van der Waals surface area contributed by atoms with E-state index in [2.05, 4.69) is 9.97 Å². The van der Waals surface area contributed by atoms with Crippen molar-refractivity contribution < 1.29 is 14.6 Å². The highest BCUT2D eigenvalue weighted by Gasteiger charge is 2.19. The van der Waals surface area contributed by atoms with Crippen molar-refractivity contribution in [2.75, 3.05) is 19.8 Å². The first kappa shape index (κ1) is 8.68. The first-order valence-electron chi connectivity index (χ1n) is 4.24. The molecule has 0 aromatic carbocycles. The third kappa shape index (κ3) is 1.88. The van der Waals surface area contributed by atoms with Crippen molar-refractivity contribution in [3.8, 4) is 0 Å². The summed E-state index contributed by atoms with van der Waals surface area (Å²) in [5, 5.41) is 8.81. The summed E-state index contributed by atoms with van der Waals surface area (Å²) in [4.78, 5) is 7.06. The Hall–Kier alpha value is -0.910. The Balaban J connectivity index is 2.05. The molecular weight excluding hydrogens is 172 g/mol. The van der Waals surface area contributed by atoms with Gasteiger partial charge >= 0.3 is 0 Å². The summed E-state index contributed by atoms with van der Waals surface area (Å²) in [6, 6.07) is 0. The van der Waals surface area contributed by atoms with Gasteiger partial charge in [0.25, 0.3) is 0 Å². The van der Waals surface area contributed by atoms with Gasteiger partial charge in [0.15, 0.2) is 0 Å². The van der Waals surface area contributed by atoms with E-state index in [1.165, 1.54) is 0 Å². The number of imidazole rings is 1. The van der Waals surface area contributed by atoms with Gasteiger partial charge in [-0.3, -0.25) is 0 Å². The van der Waals surface area contributed by atoms with E-state index in [1.54, 1.807) is 6.20 Å². The number of aliphatic hydroxyl groups is 1. The smallest absolute Gasteiger partial charge is 0.138 e. The molecule has 0 bridgehead atoms. The average molecular weight is 184 g/mol.